The first-order chi connectivity index (χ1) is 7.74. The Hall–Kier alpha value is -1.89. The molecule has 0 saturated carbocycles. The van der Waals surface area contributed by atoms with E-state index in [4.69, 9.17) is 0 Å². The van der Waals surface area contributed by atoms with E-state index in [-0.39, 0.29) is 6.03 Å². The van der Waals surface area contributed by atoms with Gasteiger partial charge in [-0.15, -0.1) is 0 Å². The highest BCUT2D eigenvalue weighted by Gasteiger charge is 2.03. The fourth-order valence-electron chi connectivity index (χ4n) is 1.10. The van der Waals surface area contributed by atoms with Gasteiger partial charge in [0.1, 0.15) is 6.33 Å². The quantitative estimate of drug-likeness (QED) is 0.789. The zero-order chi connectivity index (χ0) is 11.4. The molecule has 0 saturated heterocycles. The number of amides is 2. The van der Waals surface area contributed by atoms with E-state index >= 15 is 0 Å². The first-order valence-electron chi connectivity index (χ1n) is 4.43. The first-order valence-corrected chi connectivity index (χ1v) is 5.22. The fourth-order valence-corrected chi connectivity index (χ4v) is 1.50. The number of urea groups is 1. The van der Waals surface area contributed by atoms with Crippen LogP contribution in [0.3, 0.4) is 0 Å². The number of rotatable bonds is 2. The molecule has 6 nitrogen and oxygen atoms in total. The van der Waals surface area contributed by atoms with Gasteiger partial charge in [0.2, 0.25) is 5.95 Å². The SMILES string of the molecule is O=C(Nc1cccc(Br)c1)Nc1ncn[nH]1. The van der Waals surface area contributed by atoms with E-state index in [9.17, 15) is 4.79 Å². The van der Waals surface area contributed by atoms with E-state index in [0.717, 1.165) is 4.47 Å². The number of nitrogens with zero attached hydrogens (tertiary/aromatic N) is 2. The minimum Gasteiger partial charge on any atom is -0.308 e. The summed E-state index contributed by atoms with van der Waals surface area (Å²) in [6.45, 7) is 0. The van der Waals surface area contributed by atoms with Gasteiger partial charge in [-0.1, -0.05) is 22.0 Å². The van der Waals surface area contributed by atoms with Gasteiger partial charge in [-0.2, -0.15) is 10.1 Å². The molecule has 0 atom stereocenters. The van der Waals surface area contributed by atoms with Crippen molar-refractivity contribution in [1.82, 2.24) is 15.2 Å². The summed E-state index contributed by atoms with van der Waals surface area (Å²) in [5, 5.41) is 11.3. The summed E-state index contributed by atoms with van der Waals surface area (Å²) >= 11 is 3.31. The molecule has 0 aliphatic heterocycles. The third-order valence-electron chi connectivity index (χ3n) is 1.73. The summed E-state index contributed by atoms with van der Waals surface area (Å²) in [5.41, 5.74) is 0.686. The van der Waals surface area contributed by atoms with Gasteiger partial charge in [-0.3, -0.25) is 5.32 Å². The monoisotopic (exact) mass is 281 g/mol. The van der Waals surface area contributed by atoms with Crippen molar-refractivity contribution >= 4 is 33.6 Å². The second-order valence-electron chi connectivity index (χ2n) is 2.92. The number of hydrogen-bond acceptors (Lipinski definition) is 3. The van der Waals surface area contributed by atoms with E-state index in [0.29, 0.717) is 11.6 Å². The van der Waals surface area contributed by atoms with Gasteiger partial charge < -0.3 is 5.32 Å². The number of aromatic nitrogens is 3. The molecule has 2 amide bonds. The highest BCUT2D eigenvalue weighted by molar-refractivity contribution is 9.10. The van der Waals surface area contributed by atoms with Crippen LogP contribution in [0.1, 0.15) is 0 Å². The Bertz CT molecular complexity index is 484. The molecule has 1 heterocycles. The van der Waals surface area contributed by atoms with Crippen molar-refractivity contribution in [2.45, 2.75) is 0 Å². The highest BCUT2D eigenvalue weighted by Crippen LogP contribution is 2.15. The zero-order valence-corrected chi connectivity index (χ0v) is 9.65. The zero-order valence-electron chi connectivity index (χ0n) is 8.07. The molecule has 16 heavy (non-hydrogen) atoms. The Labute approximate surface area is 99.6 Å². The average molecular weight is 282 g/mol. The fraction of sp³-hybridized carbons (Fsp3) is 0. The largest absolute Gasteiger partial charge is 0.326 e. The number of benzene rings is 1. The van der Waals surface area contributed by atoms with E-state index in [1.807, 2.05) is 12.1 Å². The summed E-state index contributed by atoms with van der Waals surface area (Å²) in [7, 11) is 0. The molecule has 0 spiro atoms. The Balaban J connectivity index is 1.97. The van der Waals surface area contributed by atoms with Crippen molar-refractivity contribution in [3.63, 3.8) is 0 Å². The molecule has 0 aliphatic rings. The molecular weight excluding hydrogens is 274 g/mol. The number of halogens is 1. The maximum atomic E-state index is 11.5. The van der Waals surface area contributed by atoms with E-state index < -0.39 is 0 Å². The van der Waals surface area contributed by atoms with Crippen LogP contribution in [0.25, 0.3) is 0 Å². The second-order valence-corrected chi connectivity index (χ2v) is 3.84. The predicted molar refractivity (Wildman–Crippen MR) is 63.2 cm³/mol. The molecule has 0 unspecified atom stereocenters. The van der Waals surface area contributed by atoms with Crippen LogP contribution in [0.5, 0.6) is 0 Å². The Morgan fingerprint density at radius 2 is 2.25 bits per heavy atom. The number of carbonyl (C=O) groups is 1. The average Bonchev–Trinajstić information content (AvgIpc) is 2.70. The van der Waals surface area contributed by atoms with Crippen molar-refractivity contribution in [3.8, 4) is 0 Å². The lowest BCUT2D eigenvalue weighted by Gasteiger charge is -2.05. The van der Waals surface area contributed by atoms with Crippen LogP contribution in [0.15, 0.2) is 35.1 Å². The van der Waals surface area contributed by atoms with E-state index in [1.54, 1.807) is 12.1 Å². The van der Waals surface area contributed by atoms with Gasteiger partial charge in [0.25, 0.3) is 0 Å². The number of nitrogens with one attached hydrogen (secondary N) is 3. The Kier molecular flexibility index (Phi) is 3.16. The first kappa shape index (κ1) is 10.6. The van der Waals surface area contributed by atoms with Crippen LogP contribution in [-0.4, -0.2) is 21.2 Å². The van der Waals surface area contributed by atoms with Crippen LogP contribution in [-0.2, 0) is 0 Å². The Morgan fingerprint density at radius 3 is 2.94 bits per heavy atom. The third kappa shape index (κ3) is 2.80. The highest BCUT2D eigenvalue weighted by atomic mass is 79.9. The van der Waals surface area contributed by atoms with Gasteiger partial charge in [-0.05, 0) is 18.2 Å². The van der Waals surface area contributed by atoms with E-state index in [1.165, 1.54) is 6.33 Å². The maximum Gasteiger partial charge on any atom is 0.326 e. The normalized spacial score (nSPS) is 9.81. The summed E-state index contributed by atoms with van der Waals surface area (Å²) in [5.74, 6) is 0.299. The smallest absolute Gasteiger partial charge is 0.308 e. The minimum atomic E-state index is -0.380. The second kappa shape index (κ2) is 4.75. The number of H-pyrrole nitrogens is 1. The number of aromatic amines is 1. The summed E-state index contributed by atoms with van der Waals surface area (Å²) in [6.07, 6.45) is 1.31. The summed E-state index contributed by atoms with van der Waals surface area (Å²) in [4.78, 5) is 15.2. The lowest BCUT2D eigenvalue weighted by molar-refractivity contribution is 0.262. The summed E-state index contributed by atoms with van der Waals surface area (Å²) < 4.78 is 0.893. The number of hydrogen-bond donors (Lipinski definition) is 3. The predicted octanol–water partition coefficient (Wildman–Crippen LogP) is 2.21. The topological polar surface area (TPSA) is 82.7 Å². The van der Waals surface area contributed by atoms with Crippen LogP contribution in [0.4, 0.5) is 16.4 Å². The summed E-state index contributed by atoms with van der Waals surface area (Å²) in [6, 6.07) is 6.90. The van der Waals surface area contributed by atoms with Crippen LogP contribution in [0, 0.1) is 0 Å². The Morgan fingerprint density at radius 1 is 1.38 bits per heavy atom. The van der Waals surface area contributed by atoms with Crippen molar-refractivity contribution < 1.29 is 4.79 Å². The van der Waals surface area contributed by atoms with Crippen LogP contribution in [0.2, 0.25) is 0 Å². The van der Waals surface area contributed by atoms with Crippen LogP contribution >= 0.6 is 15.9 Å². The standard InChI is InChI=1S/C9H8BrN5O/c10-6-2-1-3-7(4-6)13-9(16)14-8-11-5-12-15-8/h1-5H,(H3,11,12,13,14,15,16). The van der Waals surface area contributed by atoms with Crippen LogP contribution < -0.4 is 10.6 Å². The van der Waals surface area contributed by atoms with Crippen molar-refractivity contribution in [3.05, 3.63) is 35.1 Å². The molecule has 3 N–H and O–H groups in total. The molecule has 1 aromatic carbocycles. The van der Waals surface area contributed by atoms with Gasteiger partial charge in [0.15, 0.2) is 0 Å². The molecule has 2 rings (SSSR count). The molecule has 0 bridgehead atoms. The van der Waals surface area contributed by atoms with Gasteiger partial charge in [0.05, 0.1) is 0 Å². The third-order valence-corrected chi connectivity index (χ3v) is 2.22. The molecule has 82 valence electrons. The molecule has 7 heteroatoms. The molecule has 0 radical (unpaired) electrons. The van der Waals surface area contributed by atoms with Gasteiger partial charge >= 0.3 is 6.03 Å². The van der Waals surface area contributed by atoms with Crippen molar-refractivity contribution in [1.29, 1.82) is 0 Å². The lowest BCUT2D eigenvalue weighted by Crippen LogP contribution is -2.20. The molecule has 0 aliphatic carbocycles. The maximum absolute atomic E-state index is 11.5. The molecular formula is C9H8BrN5O. The van der Waals surface area contributed by atoms with Gasteiger partial charge in [0, 0.05) is 10.2 Å². The lowest BCUT2D eigenvalue weighted by atomic mass is 10.3. The van der Waals surface area contributed by atoms with E-state index in [2.05, 4.69) is 41.7 Å². The van der Waals surface area contributed by atoms with Gasteiger partial charge in [-0.25, -0.2) is 9.89 Å². The van der Waals surface area contributed by atoms with Crippen molar-refractivity contribution in [2.75, 3.05) is 10.6 Å². The molecule has 0 fully saturated rings. The molecule has 1 aromatic heterocycles. The van der Waals surface area contributed by atoms with Crippen molar-refractivity contribution in [2.24, 2.45) is 0 Å². The number of anilines is 2. The minimum absolute atomic E-state index is 0.299. The number of carbonyl (C=O) groups excluding carboxylic acids is 1. The molecule has 2 aromatic rings.